The van der Waals surface area contributed by atoms with Gasteiger partial charge in [-0.1, -0.05) is 17.7 Å². The number of benzene rings is 2. The van der Waals surface area contributed by atoms with Crippen LogP contribution in [0.1, 0.15) is 11.5 Å². The van der Waals surface area contributed by atoms with E-state index >= 15 is 0 Å². The molecule has 1 N–H and O–H groups in total. The van der Waals surface area contributed by atoms with E-state index in [9.17, 15) is 8.42 Å². The number of sulfonamides is 1. The number of aryl methyl sites for hydroxylation is 1. The van der Waals surface area contributed by atoms with Gasteiger partial charge in [-0.05, 0) is 37.3 Å². The lowest BCUT2D eigenvalue weighted by molar-refractivity contribution is 0.392. The maximum absolute atomic E-state index is 12.8. The average Bonchev–Trinajstić information content (AvgIpc) is 3.06. The highest BCUT2D eigenvalue weighted by molar-refractivity contribution is 7.89. The molecule has 0 aliphatic carbocycles. The fourth-order valence-electron chi connectivity index (χ4n) is 2.57. The molecule has 0 fully saturated rings. The number of hydrogen-bond acceptors (Lipinski definition) is 6. The van der Waals surface area contributed by atoms with Gasteiger partial charge in [-0.15, -0.1) is 0 Å². The van der Waals surface area contributed by atoms with Crippen molar-refractivity contribution in [1.82, 2.24) is 9.71 Å². The number of halogens is 1. The minimum absolute atomic E-state index is 0.0226. The molecular formula is C19H19ClN2O5S. The molecule has 0 amide bonds. The lowest BCUT2D eigenvalue weighted by Crippen LogP contribution is -2.24. The summed E-state index contributed by atoms with van der Waals surface area (Å²) >= 11 is 6.00. The highest BCUT2D eigenvalue weighted by Gasteiger charge is 2.22. The summed E-state index contributed by atoms with van der Waals surface area (Å²) < 4.78 is 44.0. The smallest absolute Gasteiger partial charge is 0.244 e. The van der Waals surface area contributed by atoms with E-state index < -0.39 is 10.0 Å². The Balaban J connectivity index is 1.84. The summed E-state index contributed by atoms with van der Waals surface area (Å²) in [6, 6.07) is 11.6. The largest absolute Gasteiger partial charge is 0.497 e. The Bertz CT molecular complexity index is 1100. The number of oxazole rings is 1. The first kappa shape index (κ1) is 20.2. The molecule has 7 nitrogen and oxygen atoms in total. The number of hydrogen-bond donors (Lipinski definition) is 1. The fraction of sp³-hybridized carbons (Fsp3) is 0.211. The third kappa shape index (κ3) is 4.30. The van der Waals surface area contributed by atoms with Crippen molar-refractivity contribution in [3.8, 4) is 23.0 Å². The van der Waals surface area contributed by atoms with Gasteiger partial charge >= 0.3 is 0 Å². The molecule has 0 aliphatic rings. The number of ether oxygens (including phenoxy) is 2. The molecule has 148 valence electrons. The number of nitrogens with one attached hydrogen (secondary N) is 1. The quantitative estimate of drug-likeness (QED) is 0.622. The molecule has 0 saturated carbocycles. The molecular weight excluding hydrogens is 404 g/mol. The SMILES string of the molecule is COc1ccc(OC)c(S(=O)(=O)NCc2nc(-c3cccc(Cl)c3)oc2C)c1. The first-order valence-corrected chi connectivity index (χ1v) is 10.1. The molecule has 9 heteroatoms. The maximum atomic E-state index is 12.8. The monoisotopic (exact) mass is 422 g/mol. The van der Waals surface area contributed by atoms with E-state index in [0.717, 1.165) is 0 Å². The van der Waals surface area contributed by atoms with Crippen LogP contribution < -0.4 is 14.2 Å². The Morgan fingerprint density at radius 3 is 2.61 bits per heavy atom. The van der Waals surface area contributed by atoms with E-state index in [1.807, 2.05) is 6.07 Å². The highest BCUT2D eigenvalue weighted by Crippen LogP contribution is 2.29. The summed E-state index contributed by atoms with van der Waals surface area (Å²) in [4.78, 5) is 4.36. The third-order valence-electron chi connectivity index (χ3n) is 4.05. The molecule has 28 heavy (non-hydrogen) atoms. The summed E-state index contributed by atoms with van der Waals surface area (Å²) in [5.74, 6) is 1.50. The molecule has 2 aromatic carbocycles. The Kier molecular flexibility index (Phi) is 5.93. The van der Waals surface area contributed by atoms with Crippen molar-refractivity contribution in [3.05, 3.63) is 58.9 Å². The number of nitrogens with zero attached hydrogens (tertiary/aromatic N) is 1. The molecule has 0 aliphatic heterocycles. The Morgan fingerprint density at radius 2 is 1.93 bits per heavy atom. The van der Waals surface area contributed by atoms with Gasteiger partial charge in [0.2, 0.25) is 15.9 Å². The maximum Gasteiger partial charge on any atom is 0.244 e. The van der Waals surface area contributed by atoms with Gasteiger partial charge in [0.05, 0.1) is 26.5 Å². The van der Waals surface area contributed by atoms with Crippen LogP contribution in [0.3, 0.4) is 0 Å². The molecule has 3 rings (SSSR count). The van der Waals surface area contributed by atoms with Gasteiger partial charge in [0.1, 0.15) is 22.2 Å². The molecule has 1 heterocycles. The second-order valence-electron chi connectivity index (χ2n) is 5.87. The van der Waals surface area contributed by atoms with Crippen LogP contribution in [0, 0.1) is 6.92 Å². The van der Waals surface area contributed by atoms with Gasteiger partial charge in [0.25, 0.3) is 0 Å². The summed E-state index contributed by atoms with van der Waals surface area (Å²) in [6.07, 6.45) is 0. The fourth-order valence-corrected chi connectivity index (χ4v) is 3.93. The molecule has 0 spiro atoms. The summed E-state index contributed by atoms with van der Waals surface area (Å²) in [5.41, 5.74) is 1.18. The number of rotatable bonds is 7. The Hall–Kier alpha value is -2.55. The van der Waals surface area contributed by atoms with Crippen molar-refractivity contribution in [1.29, 1.82) is 0 Å². The van der Waals surface area contributed by atoms with E-state index in [1.165, 1.54) is 26.4 Å². The van der Waals surface area contributed by atoms with Crippen LogP contribution in [-0.2, 0) is 16.6 Å². The van der Waals surface area contributed by atoms with E-state index in [1.54, 1.807) is 31.2 Å². The molecule has 3 aromatic rings. The van der Waals surface area contributed by atoms with E-state index in [4.69, 9.17) is 25.5 Å². The Labute approximate surface area is 168 Å². The van der Waals surface area contributed by atoms with Crippen molar-refractivity contribution in [2.75, 3.05) is 14.2 Å². The van der Waals surface area contributed by atoms with Gasteiger partial charge < -0.3 is 13.9 Å². The van der Waals surface area contributed by atoms with Crippen LogP contribution in [-0.4, -0.2) is 27.6 Å². The molecule has 0 unspecified atom stereocenters. The highest BCUT2D eigenvalue weighted by atomic mass is 35.5. The average molecular weight is 423 g/mol. The molecule has 0 radical (unpaired) electrons. The van der Waals surface area contributed by atoms with Crippen molar-refractivity contribution in [3.63, 3.8) is 0 Å². The normalized spacial score (nSPS) is 11.4. The molecule has 1 aromatic heterocycles. The van der Waals surface area contributed by atoms with E-state index in [2.05, 4.69) is 9.71 Å². The van der Waals surface area contributed by atoms with Crippen LogP contribution in [0.4, 0.5) is 0 Å². The predicted molar refractivity (Wildman–Crippen MR) is 105 cm³/mol. The van der Waals surface area contributed by atoms with Gasteiger partial charge in [-0.3, -0.25) is 0 Å². The number of aromatic nitrogens is 1. The minimum Gasteiger partial charge on any atom is -0.497 e. The first-order valence-electron chi connectivity index (χ1n) is 8.28. The van der Waals surface area contributed by atoms with Crippen molar-refractivity contribution in [2.45, 2.75) is 18.4 Å². The first-order chi connectivity index (χ1) is 13.3. The van der Waals surface area contributed by atoms with Crippen LogP contribution in [0.5, 0.6) is 11.5 Å². The van der Waals surface area contributed by atoms with Crippen LogP contribution in [0.15, 0.2) is 51.8 Å². The predicted octanol–water partition coefficient (Wildman–Crippen LogP) is 3.80. The summed E-state index contributed by atoms with van der Waals surface area (Å²) in [7, 11) is -1.01. The molecule has 0 saturated heterocycles. The lowest BCUT2D eigenvalue weighted by atomic mass is 10.2. The molecule has 0 atom stereocenters. The Morgan fingerprint density at radius 1 is 1.14 bits per heavy atom. The standard InChI is InChI=1S/C19H19ClN2O5S/c1-12-16(22-19(27-12)13-5-4-6-14(20)9-13)11-21-28(23,24)18-10-15(25-2)7-8-17(18)26-3/h4-10,21H,11H2,1-3H3. The van der Waals surface area contributed by atoms with Crippen molar-refractivity contribution < 1.29 is 22.3 Å². The van der Waals surface area contributed by atoms with Gasteiger partial charge in [-0.2, -0.15) is 0 Å². The van der Waals surface area contributed by atoms with Crippen LogP contribution in [0.25, 0.3) is 11.5 Å². The topological polar surface area (TPSA) is 90.7 Å². The van der Waals surface area contributed by atoms with Crippen LogP contribution in [0.2, 0.25) is 5.02 Å². The van der Waals surface area contributed by atoms with Crippen molar-refractivity contribution in [2.24, 2.45) is 0 Å². The summed E-state index contributed by atoms with van der Waals surface area (Å²) in [6.45, 7) is 1.68. The van der Waals surface area contributed by atoms with Gasteiger partial charge in [0.15, 0.2) is 0 Å². The zero-order valence-corrected chi connectivity index (χ0v) is 17.1. The lowest BCUT2D eigenvalue weighted by Gasteiger charge is -2.11. The summed E-state index contributed by atoms with van der Waals surface area (Å²) in [5, 5.41) is 0.556. The van der Waals surface area contributed by atoms with E-state index in [-0.39, 0.29) is 17.2 Å². The minimum atomic E-state index is -3.87. The zero-order valence-electron chi connectivity index (χ0n) is 15.5. The third-order valence-corrected chi connectivity index (χ3v) is 5.71. The second kappa shape index (κ2) is 8.22. The second-order valence-corrected chi connectivity index (χ2v) is 8.05. The number of methoxy groups -OCH3 is 2. The van der Waals surface area contributed by atoms with Crippen LogP contribution >= 0.6 is 11.6 Å². The zero-order chi connectivity index (χ0) is 20.3. The molecule has 0 bridgehead atoms. The van der Waals surface area contributed by atoms with Gasteiger partial charge in [-0.25, -0.2) is 18.1 Å². The van der Waals surface area contributed by atoms with Crippen molar-refractivity contribution >= 4 is 21.6 Å². The van der Waals surface area contributed by atoms with Gasteiger partial charge in [0, 0.05) is 16.7 Å². The van der Waals surface area contributed by atoms with E-state index in [0.29, 0.717) is 33.7 Å².